The molecule has 0 unspecified atom stereocenters. The second-order valence-corrected chi connectivity index (χ2v) is 4.87. The zero-order chi connectivity index (χ0) is 15.0. The third-order valence-electron chi connectivity index (χ3n) is 3.32. The first kappa shape index (κ1) is 13.2. The molecule has 5 heteroatoms. The molecule has 3 aromatic rings. The molecule has 0 saturated carbocycles. The number of aromatic nitrogens is 2. The molecule has 0 spiro atoms. The molecule has 0 radical (unpaired) electrons. The van der Waals surface area contributed by atoms with Crippen LogP contribution in [-0.2, 0) is 0 Å². The van der Waals surface area contributed by atoms with Crippen LogP contribution in [0.1, 0.15) is 11.3 Å². The van der Waals surface area contributed by atoms with E-state index in [1.807, 2.05) is 25.1 Å². The zero-order valence-corrected chi connectivity index (χ0v) is 11.7. The molecule has 0 atom stereocenters. The van der Waals surface area contributed by atoms with Gasteiger partial charge < -0.3 is 14.5 Å². The zero-order valence-electron chi connectivity index (χ0n) is 11.7. The number of benzene rings is 1. The van der Waals surface area contributed by atoms with Gasteiger partial charge in [-0.05, 0) is 25.5 Å². The van der Waals surface area contributed by atoms with Gasteiger partial charge in [-0.2, -0.15) is 4.98 Å². The van der Waals surface area contributed by atoms with E-state index in [0.717, 1.165) is 5.56 Å². The van der Waals surface area contributed by atoms with Crippen molar-refractivity contribution in [2.75, 3.05) is 0 Å². The van der Waals surface area contributed by atoms with Crippen LogP contribution < -0.4 is 5.56 Å². The van der Waals surface area contributed by atoms with Crippen molar-refractivity contribution in [1.29, 1.82) is 0 Å². The van der Waals surface area contributed by atoms with Crippen LogP contribution in [0.4, 0.5) is 0 Å². The molecule has 0 fully saturated rings. The Morgan fingerprint density at radius 3 is 2.67 bits per heavy atom. The number of aryl methyl sites for hydroxylation is 2. The Hall–Kier alpha value is -2.82. The van der Waals surface area contributed by atoms with E-state index in [1.54, 1.807) is 19.1 Å². The van der Waals surface area contributed by atoms with Gasteiger partial charge in [0.1, 0.15) is 17.1 Å². The summed E-state index contributed by atoms with van der Waals surface area (Å²) in [6, 6.07) is 9.04. The average Bonchev–Trinajstić information content (AvgIpc) is 2.84. The molecular weight excluding hydrogens is 268 g/mol. The van der Waals surface area contributed by atoms with Crippen molar-refractivity contribution in [2.24, 2.45) is 0 Å². The summed E-state index contributed by atoms with van der Waals surface area (Å²) in [6.07, 6.45) is 1.51. The average molecular weight is 282 g/mol. The van der Waals surface area contributed by atoms with Crippen LogP contribution in [0, 0.1) is 13.8 Å². The number of nitrogens with zero attached hydrogens (tertiary/aromatic N) is 1. The Balaban J connectivity index is 2.18. The maximum Gasteiger partial charge on any atom is 0.262 e. The lowest BCUT2D eigenvalue weighted by Crippen LogP contribution is -2.12. The number of nitrogens with one attached hydrogen (secondary N) is 1. The number of H-pyrrole nitrogens is 1. The summed E-state index contributed by atoms with van der Waals surface area (Å²) in [5.41, 5.74) is 2.07. The summed E-state index contributed by atoms with van der Waals surface area (Å²) in [5, 5.41) is 10.1. The fourth-order valence-corrected chi connectivity index (χ4v) is 2.28. The van der Waals surface area contributed by atoms with Gasteiger partial charge in [0.25, 0.3) is 5.56 Å². The van der Waals surface area contributed by atoms with Crippen molar-refractivity contribution in [2.45, 2.75) is 13.8 Å². The standard InChI is InChI=1S/C16H14N2O3/c1-9-4-3-5-11(8-9)13-15(19)17-14(18-16(13)20)12-6-7-21-10(12)2/h3-8H,1-2H3,(H2,17,18,19,20). The van der Waals surface area contributed by atoms with Crippen LogP contribution in [-0.4, -0.2) is 15.1 Å². The first-order valence-corrected chi connectivity index (χ1v) is 6.51. The summed E-state index contributed by atoms with van der Waals surface area (Å²) in [7, 11) is 0. The SMILES string of the molecule is Cc1cccc(-c2c(O)nc(-c3ccoc3C)[nH]c2=O)c1. The van der Waals surface area contributed by atoms with Gasteiger partial charge in [0.05, 0.1) is 11.8 Å². The highest BCUT2D eigenvalue weighted by atomic mass is 16.3. The molecule has 21 heavy (non-hydrogen) atoms. The molecule has 2 heterocycles. The highest BCUT2D eigenvalue weighted by Crippen LogP contribution is 2.27. The van der Waals surface area contributed by atoms with E-state index in [1.165, 1.54) is 6.26 Å². The van der Waals surface area contributed by atoms with Crippen molar-refractivity contribution in [3.05, 3.63) is 58.3 Å². The van der Waals surface area contributed by atoms with Crippen LogP contribution in [0.2, 0.25) is 0 Å². The molecule has 0 saturated heterocycles. The van der Waals surface area contributed by atoms with E-state index in [0.29, 0.717) is 22.7 Å². The number of aromatic amines is 1. The molecular formula is C16H14N2O3. The topological polar surface area (TPSA) is 79.1 Å². The van der Waals surface area contributed by atoms with Gasteiger partial charge >= 0.3 is 0 Å². The summed E-state index contributed by atoms with van der Waals surface area (Å²) in [6.45, 7) is 3.69. The first-order valence-electron chi connectivity index (χ1n) is 6.51. The van der Waals surface area contributed by atoms with Gasteiger partial charge in [0.2, 0.25) is 5.88 Å². The highest BCUT2D eigenvalue weighted by Gasteiger charge is 2.15. The molecule has 2 N–H and O–H groups in total. The molecule has 0 aliphatic rings. The Bertz CT molecular complexity index is 862. The summed E-state index contributed by atoms with van der Waals surface area (Å²) in [4.78, 5) is 19.1. The second kappa shape index (κ2) is 4.94. The van der Waals surface area contributed by atoms with Gasteiger partial charge in [-0.15, -0.1) is 0 Å². The van der Waals surface area contributed by atoms with E-state index < -0.39 is 0 Å². The minimum absolute atomic E-state index is 0.170. The molecule has 0 amide bonds. The summed E-state index contributed by atoms with van der Waals surface area (Å²) >= 11 is 0. The normalized spacial score (nSPS) is 10.8. The molecule has 2 aromatic heterocycles. The van der Waals surface area contributed by atoms with Crippen LogP contribution >= 0.6 is 0 Å². The maximum absolute atomic E-state index is 12.3. The lowest BCUT2D eigenvalue weighted by molar-refractivity contribution is 0.454. The number of hydrogen-bond acceptors (Lipinski definition) is 4. The van der Waals surface area contributed by atoms with Crippen LogP contribution in [0.25, 0.3) is 22.5 Å². The van der Waals surface area contributed by atoms with Crippen molar-refractivity contribution < 1.29 is 9.52 Å². The quantitative estimate of drug-likeness (QED) is 0.757. The number of furan rings is 1. The maximum atomic E-state index is 12.3. The van der Waals surface area contributed by atoms with Gasteiger partial charge in [0, 0.05) is 0 Å². The summed E-state index contributed by atoms with van der Waals surface area (Å²) < 4.78 is 5.19. The smallest absolute Gasteiger partial charge is 0.262 e. The van der Waals surface area contributed by atoms with Crippen molar-refractivity contribution >= 4 is 0 Å². The highest BCUT2D eigenvalue weighted by molar-refractivity contribution is 5.70. The Morgan fingerprint density at radius 1 is 1.24 bits per heavy atom. The van der Waals surface area contributed by atoms with Crippen LogP contribution in [0.3, 0.4) is 0 Å². The van der Waals surface area contributed by atoms with E-state index in [9.17, 15) is 9.90 Å². The van der Waals surface area contributed by atoms with Crippen molar-refractivity contribution in [1.82, 2.24) is 9.97 Å². The molecule has 0 aliphatic carbocycles. The molecule has 0 aliphatic heterocycles. The minimum atomic E-state index is -0.385. The molecule has 3 rings (SSSR count). The minimum Gasteiger partial charge on any atom is -0.493 e. The molecule has 5 nitrogen and oxygen atoms in total. The van der Waals surface area contributed by atoms with E-state index in [-0.39, 0.29) is 17.0 Å². The van der Waals surface area contributed by atoms with E-state index in [2.05, 4.69) is 9.97 Å². The van der Waals surface area contributed by atoms with Gasteiger partial charge in [-0.1, -0.05) is 29.8 Å². The fraction of sp³-hybridized carbons (Fsp3) is 0.125. The molecule has 0 bridgehead atoms. The van der Waals surface area contributed by atoms with E-state index in [4.69, 9.17) is 4.42 Å². The number of hydrogen-bond donors (Lipinski definition) is 2. The fourth-order valence-electron chi connectivity index (χ4n) is 2.28. The first-order chi connectivity index (χ1) is 10.1. The third-order valence-corrected chi connectivity index (χ3v) is 3.32. The van der Waals surface area contributed by atoms with Gasteiger partial charge in [-0.25, -0.2) is 0 Å². The van der Waals surface area contributed by atoms with Crippen molar-refractivity contribution in [3.63, 3.8) is 0 Å². The van der Waals surface area contributed by atoms with Gasteiger partial charge in [0.15, 0.2) is 0 Å². The monoisotopic (exact) mass is 282 g/mol. The van der Waals surface area contributed by atoms with Crippen molar-refractivity contribution in [3.8, 4) is 28.4 Å². The second-order valence-electron chi connectivity index (χ2n) is 4.87. The number of rotatable bonds is 2. The predicted molar refractivity (Wildman–Crippen MR) is 79.1 cm³/mol. The molecule has 106 valence electrons. The van der Waals surface area contributed by atoms with Crippen LogP contribution in [0.5, 0.6) is 5.88 Å². The predicted octanol–water partition coefficient (Wildman–Crippen LogP) is 3.02. The number of aromatic hydroxyl groups is 1. The third kappa shape index (κ3) is 2.33. The Morgan fingerprint density at radius 2 is 2.05 bits per heavy atom. The lowest BCUT2D eigenvalue weighted by Gasteiger charge is -2.06. The van der Waals surface area contributed by atoms with E-state index >= 15 is 0 Å². The largest absolute Gasteiger partial charge is 0.493 e. The lowest BCUT2D eigenvalue weighted by atomic mass is 10.1. The van der Waals surface area contributed by atoms with Gasteiger partial charge in [-0.3, -0.25) is 4.79 Å². The summed E-state index contributed by atoms with van der Waals surface area (Å²) in [5.74, 6) is 0.626. The molecule has 1 aromatic carbocycles. The Labute approximate surface area is 120 Å². The Kier molecular flexibility index (Phi) is 3.10. The van der Waals surface area contributed by atoms with Crippen LogP contribution in [0.15, 0.2) is 45.8 Å².